The molecule has 0 aliphatic carbocycles. The fourth-order valence-electron chi connectivity index (χ4n) is 1.41. The van der Waals surface area contributed by atoms with E-state index < -0.39 is 0 Å². The molecule has 0 aromatic carbocycles. The molecule has 0 heteroatoms. The van der Waals surface area contributed by atoms with Crippen molar-refractivity contribution in [1.82, 2.24) is 0 Å². The second-order valence-electron chi connectivity index (χ2n) is 5.32. The molecule has 1 radical (unpaired) electrons. The van der Waals surface area contributed by atoms with Crippen LogP contribution >= 0.6 is 0 Å². The van der Waals surface area contributed by atoms with E-state index in [9.17, 15) is 0 Å². The summed E-state index contributed by atoms with van der Waals surface area (Å²) >= 11 is 0. The average molecular weight is 183 g/mol. The Morgan fingerprint density at radius 2 is 1.54 bits per heavy atom. The minimum atomic E-state index is 0.492. The summed E-state index contributed by atoms with van der Waals surface area (Å²) in [5.41, 5.74) is 0.492. The highest BCUT2D eigenvalue weighted by atomic mass is 14.2. The molecule has 0 aromatic rings. The van der Waals surface area contributed by atoms with Gasteiger partial charge in [0.05, 0.1) is 0 Å². The molecule has 0 nitrogen and oxygen atoms in total. The normalized spacial score (nSPS) is 14.5. The molecule has 0 rings (SSSR count). The molecule has 0 amide bonds. The van der Waals surface area contributed by atoms with Gasteiger partial charge in [-0.05, 0) is 11.3 Å². The lowest BCUT2D eigenvalue weighted by molar-refractivity contribution is 0.240. The van der Waals surface area contributed by atoms with Crippen molar-refractivity contribution in [3.63, 3.8) is 0 Å². The fraction of sp³-hybridized carbons (Fsp3) is 0.923. The molecule has 0 bridgehead atoms. The molecule has 0 fully saturated rings. The Morgan fingerprint density at radius 1 is 1.00 bits per heavy atom. The molecule has 1 unspecified atom stereocenters. The van der Waals surface area contributed by atoms with Crippen molar-refractivity contribution in [1.29, 1.82) is 0 Å². The van der Waals surface area contributed by atoms with E-state index in [2.05, 4.69) is 34.6 Å². The Bertz CT molecular complexity index is 108. The summed E-state index contributed by atoms with van der Waals surface area (Å²) in [5.74, 6) is 0.854. The van der Waals surface area contributed by atoms with Gasteiger partial charge in [-0.2, -0.15) is 0 Å². The van der Waals surface area contributed by atoms with Crippen LogP contribution in [0.5, 0.6) is 0 Å². The molecule has 0 aromatic heterocycles. The second kappa shape index (κ2) is 6.45. The zero-order chi connectivity index (χ0) is 10.3. The van der Waals surface area contributed by atoms with Gasteiger partial charge in [0.1, 0.15) is 0 Å². The van der Waals surface area contributed by atoms with Crippen molar-refractivity contribution in [3.8, 4) is 0 Å². The van der Waals surface area contributed by atoms with E-state index in [1.54, 1.807) is 0 Å². The predicted molar refractivity (Wildman–Crippen MR) is 61.7 cm³/mol. The van der Waals surface area contributed by atoms with Crippen molar-refractivity contribution in [2.24, 2.45) is 11.3 Å². The highest BCUT2D eigenvalue weighted by molar-refractivity contribution is 4.69. The molecule has 0 saturated heterocycles. The molecule has 0 saturated carbocycles. The molecule has 79 valence electrons. The summed E-state index contributed by atoms with van der Waals surface area (Å²) in [5, 5.41) is 0. The van der Waals surface area contributed by atoms with E-state index in [0.717, 1.165) is 12.3 Å². The Labute approximate surface area is 85.1 Å². The highest BCUT2D eigenvalue weighted by Gasteiger charge is 2.18. The molecule has 13 heavy (non-hydrogen) atoms. The van der Waals surface area contributed by atoms with Crippen LogP contribution in [0.15, 0.2) is 0 Å². The number of hydrogen-bond acceptors (Lipinski definition) is 0. The zero-order valence-electron chi connectivity index (χ0n) is 10.0. The smallest absolute Gasteiger partial charge is 0.0357 e. The summed E-state index contributed by atoms with van der Waals surface area (Å²) in [6.45, 7) is 13.3. The molecule has 0 spiro atoms. The lowest BCUT2D eigenvalue weighted by Gasteiger charge is -2.27. The van der Waals surface area contributed by atoms with Gasteiger partial charge in [0, 0.05) is 0 Å². The minimum absolute atomic E-state index is 0.492. The van der Waals surface area contributed by atoms with Gasteiger partial charge >= 0.3 is 0 Å². The van der Waals surface area contributed by atoms with Crippen molar-refractivity contribution in [2.75, 3.05) is 0 Å². The quantitative estimate of drug-likeness (QED) is 0.517. The SMILES string of the molecule is [CH2]CCCCCCC(C)C(C)(C)C. The third-order valence-corrected chi connectivity index (χ3v) is 3.12. The summed E-state index contributed by atoms with van der Waals surface area (Å²) in [4.78, 5) is 0. The largest absolute Gasteiger partial charge is 0.0620 e. The van der Waals surface area contributed by atoms with Gasteiger partial charge in [0.15, 0.2) is 0 Å². The first-order valence-corrected chi connectivity index (χ1v) is 5.77. The van der Waals surface area contributed by atoms with E-state index >= 15 is 0 Å². The Balaban J connectivity index is 3.32. The summed E-state index contributed by atoms with van der Waals surface area (Å²) in [6, 6.07) is 0. The predicted octanol–water partition coefficient (Wildman–Crippen LogP) is 4.84. The second-order valence-corrected chi connectivity index (χ2v) is 5.32. The van der Waals surface area contributed by atoms with Crippen LogP contribution in [0.2, 0.25) is 0 Å². The third kappa shape index (κ3) is 7.10. The average Bonchev–Trinajstić information content (AvgIpc) is 2.02. The molecule has 0 N–H and O–H groups in total. The monoisotopic (exact) mass is 183 g/mol. The van der Waals surface area contributed by atoms with E-state index in [1.807, 2.05) is 0 Å². The van der Waals surface area contributed by atoms with Crippen LogP contribution in [0, 0.1) is 18.3 Å². The standard InChI is InChI=1S/C13H27/c1-6-7-8-9-10-11-12(2)13(3,4)5/h12H,1,6-11H2,2-5H3. The van der Waals surface area contributed by atoms with Gasteiger partial charge in [-0.3, -0.25) is 0 Å². The molecule has 0 aliphatic heterocycles. The Hall–Kier alpha value is 0. The summed E-state index contributed by atoms with van der Waals surface area (Å²) in [6.07, 6.45) is 7.98. The molecular formula is C13H27. The van der Waals surface area contributed by atoms with Crippen LogP contribution in [-0.2, 0) is 0 Å². The summed E-state index contributed by atoms with van der Waals surface area (Å²) in [7, 11) is 0. The van der Waals surface area contributed by atoms with E-state index in [1.165, 1.54) is 32.1 Å². The molecule has 1 atom stereocenters. The first-order valence-electron chi connectivity index (χ1n) is 5.77. The van der Waals surface area contributed by atoms with E-state index in [0.29, 0.717) is 5.41 Å². The molecule has 0 heterocycles. The van der Waals surface area contributed by atoms with Crippen molar-refractivity contribution in [2.45, 2.75) is 66.2 Å². The van der Waals surface area contributed by atoms with E-state index in [-0.39, 0.29) is 0 Å². The molecule has 0 aliphatic rings. The maximum Gasteiger partial charge on any atom is -0.0357 e. The first-order chi connectivity index (χ1) is 5.98. The van der Waals surface area contributed by atoms with Crippen molar-refractivity contribution in [3.05, 3.63) is 6.92 Å². The lowest BCUT2D eigenvalue weighted by Crippen LogP contribution is -2.16. The lowest BCUT2D eigenvalue weighted by atomic mass is 9.79. The van der Waals surface area contributed by atoms with Gasteiger partial charge in [-0.25, -0.2) is 0 Å². The van der Waals surface area contributed by atoms with E-state index in [4.69, 9.17) is 0 Å². The van der Waals surface area contributed by atoms with Crippen LogP contribution in [0.4, 0.5) is 0 Å². The van der Waals surface area contributed by atoms with Crippen LogP contribution < -0.4 is 0 Å². The number of rotatable bonds is 6. The van der Waals surface area contributed by atoms with Crippen molar-refractivity contribution >= 4 is 0 Å². The Kier molecular flexibility index (Phi) is 6.45. The Morgan fingerprint density at radius 3 is 2.00 bits per heavy atom. The van der Waals surface area contributed by atoms with Gasteiger partial charge in [0.2, 0.25) is 0 Å². The first kappa shape index (κ1) is 13.0. The zero-order valence-corrected chi connectivity index (χ0v) is 10.0. The fourth-order valence-corrected chi connectivity index (χ4v) is 1.41. The van der Waals surface area contributed by atoms with Crippen LogP contribution in [0.25, 0.3) is 0 Å². The third-order valence-electron chi connectivity index (χ3n) is 3.12. The van der Waals surface area contributed by atoms with Crippen molar-refractivity contribution < 1.29 is 0 Å². The minimum Gasteiger partial charge on any atom is -0.0620 e. The number of unbranched alkanes of at least 4 members (excludes halogenated alkanes) is 4. The maximum atomic E-state index is 3.86. The topological polar surface area (TPSA) is 0 Å². The highest BCUT2D eigenvalue weighted by Crippen LogP contribution is 2.29. The van der Waals surface area contributed by atoms with Crippen LogP contribution in [-0.4, -0.2) is 0 Å². The van der Waals surface area contributed by atoms with Gasteiger partial charge in [0.25, 0.3) is 0 Å². The van der Waals surface area contributed by atoms with Gasteiger partial charge < -0.3 is 0 Å². The molecular weight excluding hydrogens is 156 g/mol. The number of hydrogen-bond donors (Lipinski definition) is 0. The van der Waals surface area contributed by atoms with Crippen LogP contribution in [0.1, 0.15) is 66.2 Å². The van der Waals surface area contributed by atoms with Gasteiger partial charge in [-0.15, -0.1) is 0 Å². The maximum absolute atomic E-state index is 3.86. The van der Waals surface area contributed by atoms with Gasteiger partial charge in [-0.1, -0.05) is 73.1 Å². The summed E-state index contributed by atoms with van der Waals surface area (Å²) < 4.78 is 0. The van der Waals surface area contributed by atoms with Crippen LogP contribution in [0.3, 0.4) is 0 Å².